The summed E-state index contributed by atoms with van der Waals surface area (Å²) in [6.45, 7) is 5.74. The number of carbonyl (C=O) groups excluding carboxylic acids is 1. The molecule has 0 aromatic heterocycles. The average molecular weight is 330 g/mol. The molecular formula is C14H20BrNO3. The number of hydrogen-bond acceptors (Lipinski definition) is 3. The van der Waals surface area contributed by atoms with Gasteiger partial charge in [0.1, 0.15) is 5.75 Å². The zero-order chi connectivity index (χ0) is 14.4. The molecule has 0 saturated carbocycles. The Morgan fingerprint density at radius 1 is 1.42 bits per heavy atom. The lowest BCUT2D eigenvalue weighted by molar-refractivity contribution is 0.0928. The minimum absolute atomic E-state index is 0.00397. The summed E-state index contributed by atoms with van der Waals surface area (Å²) >= 11 is 3.37. The van der Waals surface area contributed by atoms with Gasteiger partial charge >= 0.3 is 0 Å². The summed E-state index contributed by atoms with van der Waals surface area (Å²) in [5.74, 6) is 0.363. The van der Waals surface area contributed by atoms with E-state index < -0.39 is 0 Å². The van der Waals surface area contributed by atoms with Crippen LogP contribution in [0.5, 0.6) is 5.75 Å². The Hall–Kier alpha value is -1.07. The van der Waals surface area contributed by atoms with E-state index in [9.17, 15) is 4.79 Å². The lowest BCUT2D eigenvalue weighted by atomic mass is 10.1. The van der Waals surface area contributed by atoms with Crippen molar-refractivity contribution >= 4 is 21.8 Å². The zero-order valence-corrected chi connectivity index (χ0v) is 13.0. The van der Waals surface area contributed by atoms with Gasteiger partial charge in [-0.05, 0) is 45.4 Å². The predicted octanol–water partition coefficient (Wildman–Crippen LogP) is 2.74. The first-order valence-corrected chi connectivity index (χ1v) is 7.11. The third-order valence-corrected chi connectivity index (χ3v) is 2.98. The maximum absolute atomic E-state index is 12.2. The molecule has 2 N–H and O–H groups in total. The zero-order valence-electron chi connectivity index (χ0n) is 11.4. The van der Waals surface area contributed by atoms with Gasteiger partial charge in [-0.25, -0.2) is 0 Å². The van der Waals surface area contributed by atoms with Crippen molar-refractivity contribution in [1.82, 2.24) is 5.32 Å². The van der Waals surface area contributed by atoms with Crippen LogP contribution in [-0.2, 0) is 0 Å². The largest absolute Gasteiger partial charge is 0.490 e. The van der Waals surface area contributed by atoms with E-state index >= 15 is 0 Å². The third-order valence-electron chi connectivity index (χ3n) is 2.49. The topological polar surface area (TPSA) is 58.6 Å². The molecule has 19 heavy (non-hydrogen) atoms. The fourth-order valence-electron chi connectivity index (χ4n) is 1.60. The van der Waals surface area contributed by atoms with Crippen molar-refractivity contribution in [2.24, 2.45) is 0 Å². The first-order chi connectivity index (χ1) is 8.93. The molecule has 1 aromatic rings. The number of carbonyl (C=O) groups is 1. The highest BCUT2D eigenvalue weighted by atomic mass is 79.9. The molecule has 0 aliphatic rings. The maximum Gasteiger partial charge on any atom is 0.255 e. The molecule has 0 spiro atoms. The molecule has 1 unspecified atom stereocenters. The highest BCUT2D eigenvalue weighted by molar-refractivity contribution is 9.10. The molecule has 1 atom stereocenters. The van der Waals surface area contributed by atoms with Crippen LogP contribution >= 0.6 is 15.9 Å². The summed E-state index contributed by atoms with van der Waals surface area (Å²) < 4.78 is 6.51. The van der Waals surface area contributed by atoms with E-state index in [1.54, 1.807) is 18.2 Å². The predicted molar refractivity (Wildman–Crippen MR) is 78.5 cm³/mol. The molecule has 4 nitrogen and oxygen atoms in total. The average Bonchev–Trinajstić information content (AvgIpc) is 2.28. The first-order valence-electron chi connectivity index (χ1n) is 6.32. The van der Waals surface area contributed by atoms with Gasteiger partial charge in [-0.15, -0.1) is 0 Å². The van der Waals surface area contributed by atoms with E-state index in [-0.39, 0.29) is 24.7 Å². The van der Waals surface area contributed by atoms with Crippen LogP contribution in [0.25, 0.3) is 0 Å². The lowest BCUT2D eigenvalue weighted by Crippen LogP contribution is -2.33. The Labute approximate surface area is 122 Å². The van der Waals surface area contributed by atoms with E-state index in [1.807, 2.05) is 20.8 Å². The number of halogens is 1. The molecule has 106 valence electrons. The van der Waals surface area contributed by atoms with Gasteiger partial charge in [-0.2, -0.15) is 0 Å². The van der Waals surface area contributed by atoms with Crippen LogP contribution in [0.2, 0.25) is 0 Å². The smallest absolute Gasteiger partial charge is 0.255 e. The van der Waals surface area contributed by atoms with Crippen molar-refractivity contribution in [1.29, 1.82) is 0 Å². The van der Waals surface area contributed by atoms with Crippen LogP contribution in [0.1, 0.15) is 37.6 Å². The monoisotopic (exact) mass is 329 g/mol. The molecule has 0 fully saturated rings. The number of ether oxygens (including phenoxy) is 1. The molecule has 0 radical (unpaired) electrons. The molecule has 0 bridgehead atoms. The van der Waals surface area contributed by atoms with E-state index in [2.05, 4.69) is 21.2 Å². The third kappa shape index (κ3) is 5.20. The molecule has 1 amide bonds. The molecule has 0 aliphatic carbocycles. The molecule has 1 rings (SSSR count). The van der Waals surface area contributed by atoms with Crippen LogP contribution in [-0.4, -0.2) is 29.8 Å². The van der Waals surface area contributed by atoms with Gasteiger partial charge in [0.2, 0.25) is 0 Å². The van der Waals surface area contributed by atoms with Crippen LogP contribution in [0.15, 0.2) is 22.7 Å². The summed E-state index contributed by atoms with van der Waals surface area (Å²) in [5, 5.41) is 11.7. The molecule has 0 saturated heterocycles. The summed E-state index contributed by atoms with van der Waals surface area (Å²) in [4.78, 5) is 12.2. The summed E-state index contributed by atoms with van der Waals surface area (Å²) in [6, 6.07) is 5.24. The number of benzene rings is 1. The lowest BCUT2D eigenvalue weighted by Gasteiger charge is -2.17. The minimum atomic E-state index is -0.191. The van der Waals surface area contributed by atoms with Crippen LogP contribution in [0.3, 0.4) is 0 Å². The van der Waals surface area contributed by atoms with Crippen molar-refractivity contribution in [2.45, 2.75) is 39.3 Å². The number of nitrogens with one attached hydrogen (secondary N) is 1. The number of rotatable bonds is 6. The van der Waals surface area contributed by atoms with Crippen molar-refractivity contribution in [2.75, 3.05) is 6.61 Å². The first kappa shape index (κ1) is 16.0. The standard InChI is InChI=1S/C14H20BrNO3/c1-9(2)19-13-8-11(15)4-5-12(13)14(18)16-10(3)6-7-17/h4-5,8-10,17H,6-7H2,1-3H3,(H,16,18). The van der Waals surface area contributed by atoms with Crippen molar-refractivity contribution in [3.63, 3.8) is 0 Å². The van der Waals surface area contributed by atoms with Crippen molar-refractivity contribution < 1.29 is 14.6 Å². The minimum Gasteiger partial charge on any atom is -0.490 e. The summed E-state index contributed by atoms with van der Waals surface area (Å²) in [5.41, 5.74) is 0.502. The normalized spacial score (nSPS) is 12.3. The Bertz CT molecular complexity index is 435. The Morgan fingerprint density at radius 2 is 2.11 bits per heavy atom. The van der Waals surface area contributed by atoms with E-state index in [1.165, 1.54) is 0 Å². The number of hydrogen-bond donors (Lipinski definition) is 2. The highest BCUT2D eigenvalue weighted by Crippen LogP contribution is 2.25. The summed E-state index contributed by atoms with van der Waals surface area (Å²) in [7, 11) is 0. The quantitative estimate of drug-likeness (QED) is 0.843. The van der Waals surface area contributed by atoms with E-state index in [0.717, 1.165) is 4.47 Å². The Balaban J connectivity index is 2.89. The summed E-state index contributed by atoms with van der Waals surface area (Å²) in [6.07, 6.45) is 0.526. The van der Waals surface area contributed by atoms with Gasteiger partial charge in [0, 0.05) is 17.1 Å². The second-order valence-electron chi connectivity index (χ2n) is 4.69. The molecule has 1 aromatic carbocycles. The molecule has 5 heteroatoms. The van der Waals surface area contributed by atoms with Crippen LogP contribution in [0.4, 0.5) is 0 Å². The van der Waals surface area contributed by atoms with Crippen molar-refractivity contribution in [3.05, 3.63) is 28.2 Å². The highest BCUT2D eigenvalue weighted by Gasteiger charge is 2.15. The number of amides is 1. The Kier molecular flexibility index (Phi) is 6.31. The Morgan fingerprint density at radius 3 is 2.68 bits per heavy atom. The SMILES string of the molecule is CC(CCO)NC(=O)c1ccc(Br)cc1OC(C)C. The van der Waals surface area contributed by atoms with E-state index in [4.69, 9.17) is 9.84 Å². The van der Waals surface area contributed by atoms with Crippen LogP contribution in [0, 0.1) is 0 Å². The number of aliphatic hydroxyl groups excluding tert-OH is 1. The second kappa shape index (κ2) is 7.50. The molecular weight excluding hydrogens is 310 g/mol. The van der Waals surface area contributed by atoms with Crippen LogP contribution < -0.4 is 10.1 Å². The molecule has 0 heterocycles. The van der Waals surface area contributed by atoms with Gasteiger partial charge in [-0.1, -0.05) is 15.9 Å². The van der Waals surface area contributed by atoms with Crippen molar-refractivity contribution in [3.8, 4) is 5.75 Å². The number of aliphatic hydroxyl groups is 1. The van der Waals surface area contributed by atoms with Gasteiger partial charge in [-0.3, -0.25) is 4.79 Å². The van der Waals surface area contributed by atoms with Gasteiger partial charge in [0.05, 0.1) is 11.7 Å². The maximum atomic E-state index is 12.2. The second-order valence-corrected chi connectivity index (χ2v) is 5.61. The fourth-order valence-corrected chi connectivity index (χ4v) is 1.94. The fraction of sp³-hybridized carbons (Fsp3) is 0.500. The molecule has 0 aliphatic heterocycles. The van der Waals surface area contributed by atoms with Gasteiger partial charge < -0.3 is 15.2 Å². The van der Waals surface area contributed by atoms with Gasteiger partial charge in [0.25, 0.3) is 5.91 Å². The van der Waals surface area contributed by atoms with Gasteiger partial charge in [0.15, 0.2) is 0 Å². The van der Waals surface area contributed by atoms with E-state index in [0.29, 0.717) is 17.7 Å².